The number of hydrogen-bond donors (Lipinski definition) is 0. The minimum Gasteiger partial charge on any atom is -0.496 e. The number of para-hydroxylation sites is 1. The maximum absolute atomic E-state index is 14.3. The molecule has 1 spiro atoms. The topological polar surface area (TPSA) is 75.1 Å². The Morgan fingerprint density at radius 2 is 1.69 bits per heavy atom. The molecule has 0 unspecified atom stereocenters. The first-order chi connectivity index (χ1) is 23.0. The van der Waals surface area contributed by atoms with E-state index in [0.29, 0.717) is 25.4 Å². The summed E-state index contributed by atoms with van der Waals surface area (Å²) in [4.78, 5) is 44.3. The van der Waals surface area contributed by atoms with Crippen LogP contribution in [0.25, 0.3) is 11.1 Å². The number of rotatable bonds is 6. The highest BCUT2D eigenvalue weighted by atomic mass is 19.4. The summed E-state index contributed by atoms with van der Waals surface area (Å²) >= 11 is 0. The number of benzene rings is 2. The third-order valence-corrected chi connectivity index (χ3v) is 10.9. The van der Waals surface area contributed by atoms with Crippen LogP contribution >= 0.6 is 0 Å². The molecule has 2 aromatic carbocycles. The van der Waals surface area contributed by atoms with Gasteiger partial charge in [0.05, 0.1) is 13.2 Å². The number of aromatic nitrogens is 1. The number of hydrogen-bond acceptors (Lipinski definition) is 4. The van der Waals surface area contributed by atoms with E-state index in [1.165, 1.54) is 7.05 Å². The van der Waals surface area contributed by atoms with Crippen molar-refractivity contribution in [2.75, 3.05) is 33.8 Å². The molecule has 6 rings (SSSR count). The Kier molecular flexibility index (Phi) is 9.58. The summed E-state index contributed by atoms with van der Waals surface area (Å²) in [5, 5.41) is 0. The van der Waals surface area contributed by atoms with E-state index < -0.39 is 24.2 Å². The fraction of sp³-hybridized carbons (Fsp3) is 0.486. The standard InChI is InChI=1S/C37H43F3N4O4/c1-41(34(46)37(38,39)40)29-16-21-44(31(23-29)26-10-4-3-5-11-26)35(47)43-20-15-28(36(25-43)17-8-9-18-36)24-42-19-14-27(22-33(42)45)30-12-6-7-13-32(30)48-2/h3-7,10-14,19,22,28-29,31H,8-9,15-18,20-21,23-25H2,1-2H3/t28-,29+,31-/m0/s1. The minimum atomic E-state index is -4.95. The van der Waals surface area contributed by atoms with E-state index in [1.54, 1.807) is 22.6 Å². The van der Waals surface area contributed by atoms with Gasteiger partial charge in [0.1, 0.15) is 5.75 Å². The molecular weight excluding hydrogens is 621 g/mol. The molecule has 256 valence electrons. The van der Waals surface area contributed by atoms with Crippen LogP contribution in [0.15, 0.2) is 77.7 Å². The molecule has 8 nitrogen and oxygen atoms in total. The van der Waals surface area contributed by atoms with Crippen molar-refractivity contribution in [3.63, 3.8) is 0 Å². The van der Waals surface area contributed by atoms with Gasteiger partial charge in [0.25, 0.3) is 5.56 Å². The molecule has 11 heteroatoms. The summed E-state index contributed by atoms with van der Waals surface area (Å²) in [5.41, 5.74) is 2.31. The molecule has 3 atom stereocenters. The second-order valence-corrected chi connectivity index (χ2v) is 13.6. The van der Waals surface area contributed by atoms with Gasteiger partial charge in [-0.15, -0.1) is 0 Å². The van der Waals surface area contributed by atoms with Gasteiger partial charge in [-0.3, -0.25) is 9.59 Å². The van der Waals surface area contributed by atoms with Crippen LogP contribution in [-0.2, 0) is 11.3 Å². The summed E-state index contributed by atoms with van der Waals surface area (Å²) in [6.45, 7) is 1.94. The summed E-state index contributed by atoms with van der Waals surface area (Å²) < 4.78 is 47.2. The molecule has 0 N–H and O–H groups in total. The summed E-state index contributed by atoms with van der Waals surface area (Å²) in [6, 6.07) is 19.4. The van der Waals surface area contributed by atoms with Crippen molar-refractivity contribution in [3.05, 3.63) is 88.8 Å². The largest absolute Gasteiger partial charge is 0.496 e. The van der Waals surface area contributed by atoms with Gasteiger partial charge in [-0.2, -0.15) is 13.2 Å². The number of nitrogens with zero attached hydrogens (tertiary/aromatic N) is 4. The van der Waals surface area contributed by atoms with E-state index in [2.05, 4.69) is 0 Å². The van der Waals surface area contributed by atoms with Crippen LogP contribution in [0, 0.1) is 11.3 Å². The van der Waals surface area contributed by atoms with Crippen LogP contribution in [0.1, 0.15) is 56.6 Å². The first-order valence-corrected chi connectivity index (χ1v) is 16.8. The van der Waals surface area contributed by atoms with Gasteiger partial charge in [0.2, 0.25) is 0 Å². The summed E-state index contributed by atoms with van der Waals surface area (Å²) in [7, 11) is 2.81. The van der Waals surface area contributed by atoms with Crippen molar-refractivity contribution in [3.8, 4) is 16.9 Å². The predicted octanol–water partition coefficient (Wildman–Crippen LogP) is 6.75. The first kappa shape index (κ1) is 33.6. The number of carbonyl (C=O) groups is 2. The van der Waals surface area contributed by atoms with Crippen LogP contribution in [0.5, 0.6) is 5.75 Å². The molecule has 3 aromatic rings. The van der Waals surface area contributed by atoms with Gasteiger partial charge in [-0.05, 0) is 66.7 Å². The Morgan fingerprint density at radius 1 is 0.979 bits per heavy atom. The van der Waals surface area contributed by atoms with Crippen molar-refractivity contribution in [2.45, 2.75) is 69.8 Å². The predicted molar refractivity (Wildman–Crippen MR) is 176 cm³/mol. The van der Waals surface area contributed by atoms with Gasteiger partial charge in [0.15, 0.2) is 0 Å². The molecule has 2 aliphatic heterocycles. The zero-order valence-electron chi connectivity index (χ0n) is 27.5. The molecule has 3 fully saturated rings. The lowest BCUT2D eigenvalue weighted by Gasteiger charge is -2.50. The minimum absolute atomic E-state index is 0.0763. The monoisotopic (exact) mass is 664 g/mol. The molecule has 1 saturated carbocycles. The Labute approximate surface area is 279 Å². The second kappa shape index (κ2) is 13.7. The van der Waals surface area contributed by atoms with Crippen LogP contribution < -0.4 is 10.3 Å². The lowest BCUT2D eigenvalue weighted by atomic mass is 9.69. The highest BCUT2D eigenvalue weighted by molar-refractivity contribution is 5.82. The normalized spacial score (nSPS) is 22.5. The number of ether oxygens (including phenoxy) is 1. The fourth-order valence-electron chi connectivity index (χ4n) is 8.31. The molecular formula is C37H43F3N4O4. The number of amides is 3. The van der Waals surface area contributed by atoms with Crippen molar-refractivity contribution >= 4 is 11.9 Å². The quantitative estimate of drug-likeness (QED) is 0.292. The molecule has 0 radical (unpaired) electrons. The highest BCUT2D eigenvalue weighted by Crippen LogP contribution is 2.50. The van der Waals surface area contributed by atoms with E-state index in [0.717, 1.165) is 53.7 Å². The maximum atomic E-state index is 14.3. The number of piperidine rings is 2. The number of halogens is 3. The Balaban J connectivity index is 1.19. The van der Waals surface area contributed by atoms with E-state index in [1.807, 2.05) is 71.8 Å². The molecule has 3 amide bonds. The molecule has 1 aliphatic carbocycles. The van der Waals surface area contributed by atoms with Crippen molar-refractivity contribution < 1.29 is 27.5 Å². The fourth-order valence-corrected chi connectivity index (χ4v) is 8.31. The van der Waals surface area contributed by atoms with Crippen LogP contribution in [0.4, 0.5) is 18.0 Å². The number of alkyl halides is 3. The van der Waals surface area contributed by atoms with Gasteiger partial charge in [0, 0.05) is 57.1 Å². The molecule has 2 saturated heterocycles. The van der Waals surface area contributed by atoms with Gasteiger partial charge in [-0.25, -0.2) is 4.79 Å². The van der Waals surface area contributed by atoms with E-state index in [-0.39, 0.29) is 42.3 Å². The van der Waals surface area contributed by atoms with Crippen LogP contribution in [0.2, 0.25) is 0 Å². The number of carbonyl (C=O) groups excluding carboxylic acids is 2. The molecule has 0 bridgehead atoms. The van der Waals surface area contributed by atoms with E-state index in [9.17, 15) is 27.6 Å². The van der Waals surface area contributed by atoms with Crippen molar-refractivity contribution in [2.24, 2.45) is 11.3 Å². The Morgan fingerprint density at radius 3 is 2.38 bits per heavy atom. The van der Waals surface area contributed by atoms with Crippen molar-refractivity contribution in [1.82, 2.24) is 19.3 Å². The number of likely N-dealkylation sites (tertiary alicyclic amines) is 2. The lowest BCUT2D eigenvalue weighted by Crippen LogP contribution is -2.57. The van der Waals surface area contributed by atoms with Gasteiger partial charge in [-0.1, -0.05) is 61.4 Å². The zero-order valence-corrected chi connectivity index (χ0v) is 27.5. The first-order valence-electron chi connectivity index (χ1n) is 16.8. The third kappa shape index (κ3) is 6.69. The summed E-state index contributed by atoms with van der Waals surface area (Å²) in [5.74, 6) is -0.938. The number of pyridine rings is 1. The molecule has 48 heavy (non-hydrogen) atoms. The summed E-state index contributed by atoms with van der Waals surface area (Å²) in [6.07, 6.45) is 2.24. The number of urea groups is 1. The Hall–Kier alpha value is -4.28. The molecule has 1 aromatic heterocycles. The number of methoxy groups -OCH3 is 1. The highest BCUT2D eigenvalue weighted by Gasteiger charge is 2.49. The smallest absolute Gasteiger partial charge is 0.471 e. The molecule has 3 aliphatic rings. The zero-order chi connectivity index (χ0) is 34.1. The average Bonchev–Trinajstić information content (AvgIpc) is 3.57. The SMILES string of the molecule is COc1ccccc1-c1ccn(C[C@@H]2CCN(C(=O)N3CC[C@@H](N(C)C(=O)C(F)(F)F)C[C@H]3c3ccccc3)CC23CCCC3)c(=O)c1. The lowest BCUT2D eigenvalue weighted by molar-refractivity contribution is -0.187. The average molecular weight is 665 g/mol. The third-order valence-electron chi connectivity index (χ3n) is 10.9. The van der Waals surface area contributed by atoms with Crippen LogP contribution in [-0.4, -0.2) is 77.2 Å². The van der Waals surface area contributed by atoms with E-state index in [4.69, 9.17) is 4.74 Å². The molecule has 3 heterocycles. The van der Waals surface area contributed by atoms with Crippen molar-refractivity contribution in [1.29, 1.82) is 0 Å². The van der Waals surface area contributed by atoms with Gasteiger partial charge >= 0.3 is 18.1 Å². The maximum Gasteiger partial charge on any atom is 0.471 e. The van der Waals surface area contributed by atoms with E-state index >= 15 is 0 Å². The van der Waals surface area contributed by atoms with Gasteiger partial charge < -0.3 is 24.0 Å². The van der Waals surface area contributed by atoms with Crippen LogP contribution in [0.3, 0.4) is 0 Å². The second-order valence-electron chi connectivity index (χ2n) is 13.6. The Bertz CT molecular complexity index is 1670.